The number of pyridine rings is 1. The molecule has 172 valence electrons. The molecule has 3 aliphatic rings. The normalized spacial score (nSPS) is 26.3. The molecule has 1 aliphatic carbocycles. The van der Waals surface area contributed by atoms with Crippen LogP contribution in [-0.2, 0) is 19.8 Å². The Hall–Kier alpha value is -3.22. The van der Waals surface area contributed by atoms with Crippen LogP contribution in [0.2, 0.25) is 0 Å². The number of rotatable bonds is 8. The first-order chi connectivity index (χ1) is 16.1. The zero-order valence-corrected chi connectivity index (χ0v) is 18.7. The van der Waals surface area contributed by atoms with Gasteiger partial charge in [0.15, 0.2) is 0 Å². The van der Waals surface area contributed by atoms with Gasteiger partial charge in [-0.1, -0.05) is 30.3 Å². The molecular weight excluding hydrogens is 418 g/mol. The third kappa shape index (κ3) is 4.12. The minimum atomic E-state index is -1.12. The Bertz CT molecular complexity index is 1030. The van der Waals surface area contributed by atoms with E-state index in [1.807, 2.05) is 41.3 Å². The maximum Gasteiger partial charge on any atom is 0.240 e. The summed E-state index contributed by atoms with van der Waals surface area (Å²) in [4.78, 5) is 47.4. The average Bonchev–Trinajstić information content (AvgIpc) is 3.53. The predicted molar refractivity (Wildman–Crippen MR) is 121 cm³/mol. The summed E-state index contributed by atoms with van der Waals surface area (Å²) < 4.78 is 5.66. The first-order valence-electron chi connectivity index (χ1n) is 11.8. The van der Waals surface area contributed by atoms with Crippen LogP contribution < -0.4 is 4.74 Å². The number of carbonyl (C=O) groups is 3. The van der Waals surface area contributed by atoms with Crippen LogP contribution in [0.25, 0.3) is 0 Å². The maximum absolute atomic E-state index is 13.7. The summed E-state index contributed by atoms with van der Waals surface area (Å²) in [5.41, 5.74) is -0.378. The Balaban J connectivity index is 1.30. The molecule has 3 fully saturated rings. The Morgan fingerprint density at radius 1 is 1.12 bits per heavy atom. The Morgan fingerprint density at radius 2 is 1.97 bits per heavy atom. The highest BCUT2D eigenvalue weighted by molar-refractivity contribution is 6.10. The maximum atomic E-state index is 13.7. The number of aromatic nitrogens is 1. The number of imide groups is 1. The third-order valence-electron chi connectivity index (χ3n) is 7.35. The van der Waals surface area contributed by atoms with Crippen molar-refractivity contribution in [1.82, 2.24) is 14.8 Å². The van der Waals surface area contributed by atoms with E-state index in [4.69, 9.17) is 4.74 Å². The number of benzene rings is 1. The highest BCUT2D eigenvalue weighted by atomic mass is 16.5. The molecule has 3 heterocycles. The molecule has 0 radical (unpaired) electrons. The Labute approximate surface area is 193 Å². The molecule has 3 amide bonds. The monoisotopic (exact) mass is 447 g/mol. The van der Waals surface area contributed by atoms with Crippen LogP contribution >= 0.6 is 0 Å². The van der Waals surface area contributed by atoms with E-state index < -0.39 is 5.41 Å². The van der Waals surface area contributed by atoms with E-state index in [2.05, 4.69) is 4.98 Å². The SMILES string of the molecule is O=C1C[C@](CC(=O)N2C[C@H]3CC[C@H]2C3)(c2ccccc2)C(=O)N1CCCOc1cccnc1. The van der Waals surface area contributed by atoms with Gasteiger partial charge in [0.25, 0.3) is 0 Å². The highest BCUT2D eigenvalue weighted by Gasteiger charge is 2.54. The molecule has 3 atom stereocenters. The van der Waals surface area contributed by atoms with Crippen LogP contribution in [0.1, 0.15) is 44.1 Å². The van der Waals surface area contributed by atoms with E-state index in [-0.39, 0.29) is 37.1 Å². The largest absolute Gasteiger partial charge is 0.492 e. The summed E-state index contributed by atoms with van der Waals surface area (Å²) in [6, 6.07) is 13.2. The van der Waals surface area contributed by atoms with Crippen molar-refractivity contribution in [2.45, 2.75) is 50.0 Å². The van der Waals surface area contributed by atoms with Gasteiger partial charge in [-0.2, -0.15) is 0 Å². The second-order valence-electron chi connectivity index (χ2n) is 9.42. The molecule has 1 saturated carbocycles. The zero-order valence-electron chi connectivity index (χ0n) is 18.7. The standard InChI is InChI=1S/C26H29N3O4/c30-23-15-26(20-6-2-1-3-7-20,16-24(31)29-18-19-9-10-21(29)14-19)25(32)28(23)12-5-13-33-22-8-4-11-27-17-22/h1-4,6-8,11,17,19,21H,5,9-10,12-16,18H2/t19-,21-,26-/m0/s1. The number of ether oxygens (including phenoxy) is 1. The summed E-state index contributed by atoms with van der Waals surface area (Å²) in [7, 11) is 0. The molecule has 2 aromatic rings. The summed E-state index contributed by atoms with van der Waals surface area (Å²) >= 11 is 0. The lowest BCUT2D eigenvalue weighted by atomic mass is 9.75. The molecule has 2 bridgehead atoms. The number of hydrogen-bond donors (Lipinski definition) is 0. The van der Waals surface area contributed by atoms with Gasteiger partial charge in [0.05, 0.1) is 18.2 Å². The second kappa shape index (κ2) is 8.96. The molecule has 0 spiro atoms. The van der Waals surface area contributed by atoms with Crippen LogP contribution in [0.5, 0.6) is 5.75 Å². The van der Waals surface area contributed by atoms with Gasteiger partial charge in [0.2, 0.25) is 17.7 Å². The molecule has 0 unspecified atom stereocenters. The molecule has 2 saturated heterocycles. The third-order valence-corrected chi connectivity index (χ3v) is 7.35. The van der Waals surface area contributed by atoms with Crippen molar-refractivity contribution in [2.75, 3.05) is 19.7 Å². The molecule has 1 aromatic carbocycles. The summed E-state index contributed by atoms with van der Waals surface area (Å²) in [6.07, 6.45) is 7.20. The van der Waals surface area contributed by atoms with Crippen molar-refractivity contribution < 1.29 is 19.1 Å². The smallest absolute Gasteiger partial charge is 0.240 e. The van der Waals surface area contributed by atoms with Crippen molar-refractivity contribution in [1.29, 1.82) is 0 Å². The van der Waals surface area contributed by atoms with Crippen LogP contribution in [0.3, 0.4) is 0 Å². The van der Waals surface area contributed by atoms with Gasteiger partial charge in [-0.05, 0) is 49.3 Å². The first kappa shape index (κ1) is 21.6. The number of amides is 3. The molecule has 1 aromatic heterocycles. The van der Waals surface area contributed by atoms with Crippen molar-refractivity contribution in [2.24, 2.45) is 5.92 Å². The number of fused-ring (bicyclic) bond motifs is 2. The van der Waals surface area contributed by atoms with E-state index in [0.29, 0.717) is 30.7 Å². The molecule has 7 nitrogen and oxygen atoms in total. The minimum Gasteiger partial charge on any atom is -0.492 e. The van der Waals surface area contributed by atoms with Gasteiger partial charge >= 0.3 is 0 Å². The van der Waals surface area contributed by atoms with Gasteiger partial charge in [-0.25, -0.2) is 0 Å². The minimum absolute atomic E-state index is 0.00559. The van der Waals surface area contributed by atoms with E-state index in [9.17, 15) is 14.4 Å². The van der Waals surface area contributed by atoms with Gasteiger partial charge in [-0.3, -0.25) is 24.3 Å². The van der Waals surface area contributed by atoms with E-state index in [0.717, 1.165) is 24.9 Å². The lowest BCUT2D eigenvalue weighted by Gasteiger charge is -2.32. The number of nitrogens with zero attached hydrogens (tertiary/aromatic N) is 3. The van der Waals surface area contributed by atoms with Crippen LogP contribution in [0.15, 0.2) is 54.9 Å². The molecule has 33 heavy (non-hydrogen) atoms. The first-order valence-corrected chi connectivity index (χ1v) is 11.8. The molecule has 0 N–H and O–H groups in total. The van der Waals surface area contributed by atoms with Crippen molar-refractivity contribution in [3.8, 4) is 5.75 Å². The number of likely N-dealkylation sites (tertiary alicyclic amines) is 2. The van der Waals surface area contributed by atoms with E-state index in [1.54, 1.807) is 18.5 Å². The summed E-state index contributed by atoms with van der Waals surface area (Å²) in [5, 5.41) is 0. The van der Waals surface area contributed by atoms with Crippen molar-refractivity contribution in [3.05, 3.63) is 60.4 Å². The quantitative estimate of drug-likeness (QED) is 0.459. The van der Waals surface area contributed by atoms with Crippen molar-refractivity contribution >= 4 is 17.7 Å². The van der Waals surface area contributed by atoms with Crippen LogP contribution in [0.4, 0.5) is 0 Å². The fourth-order valence-electron chi connectivity index (χ4n) is 5.68. The van der Waals surface area contributed by atoms with E-state index in [1.165, 1.54) is 11.3 Å². The zero-order chi connectivity index (χ0) is 22.8. The van der Waals surface area contributed by atoms with Crippen LogP contribution in [0, 0.1) is 5.92 Å². The molecule has 5 rings (SSSR count). The highest BCUT2D eigenvalue weighted by Crippen LogP contribution is 2.43. The molecular formula is C26H29N3O4. The number of carbonyl (C=O) groups excluding carboxylic acids is 3. The number of hydrogen-bond acceptors (Lipinski definition) is 5. The predicted octanol–water partition coefficient (Wildman–Crippen LogP) is 2.95. The van der Waals surface area contributed by atoms with Gasteiger partial charge in [0.1, 0.15) is 5.75 Å². The summed E-state index contributed by atoms with van der Waals surface area (Å²) in [5.74, 6) is 0.747. The van der Waals surface area contributed by atoms with Gasteiger partial charge in [-0.15, -0.1) is 0 Å². The fraction of sp³-hybridized carbons (Fsp3) is 0.462. The molecule has 7 heteroatoms. The van der Waals surface area contributed by atoms with Gasteiger partial charge < -0.3 is 9.64 Å². The lowest BCUT2D eigenvalue weighted by Crippen LogP contribution is -2.45. The van der Waals surface area contributed by atoms with E-state index >= 15 is 0 Å². The molecule has 2 aliphatic heterocycles. The van der Waals surface area contributed by atoms with Crippen LogP contribution in [-0.4, -0.2) is 58.2 Å². The van der Waals surface area contributed by atoms with Gasteiger partial charge in [0, 0.05) is 38.2 Å². The Morgan fingerprint density at radius 3 is 2.67 bits per heavy atom. The topological polar surface area (TPSA) is 79.8 Å². The van der Waals surface area contributed by atoms with Crippen molar-refractivity contribution in [3.63, 3.8) is 0 Å². The average molecular weight is 448 g/mol. The second-order valence-corrected chi connectivity index (χ2v) is 9.42. The summed E-state index contributed by atoms with van der Waals surface area (Å²) in [6.45, 7) is 1.43. The lowest BCUT2D eigenvalue weighted by molar-refractivity contribution is -0.143. The Kier molecular flexibility index (Phi) is 5.87. The fourth-order valence-corrected chi connectivity index (χ4v) is 5.68. The number of piperidine rings is 1.